The molecule has 124 valence electrons. The molecule has 3 aromatic rings. The molecule has 0 aliphatic carbocycles. The molecule has 0 saturated heterocycles. The molecule has 0 spiro atoms. The molecule has 0 atom stereocenters. The first-order valence-corrected chi connectivity index (χ1v) is 8.26. The van der Waals surface area contributed by atoms with Crippen LogP contribution in [0.3, 0.4) is 0 Å². The Hall–Kier alpha value is -2.91. The van der Waals surface area contributed by atoms with Gasteiger partial charge in [-0.1, -0.05) is 41.1 Å². The molecule has 0 aliphatic heterocycles. The van der Waals surface area contributed by atoms with Crippen LogP contribution in [0.1, 0.15) is 17.0 Å². The number of ether oxygens (including phenoxy) is 1. The number of halogens is 1. The maximum atomic E-state index is 9.44. The van der Waals surface area contributed by atoms with Crippen molar-refractivity contribution >= 4 is 27.6 Å². The lowest BCUT2D eigenvalue weighted by Gasteiger charge is -2.03. The Morgan fingerprint density at radius 3 is 2.64 bits per heavy atom. The molecule has 0 aliphatic rings. The zero-order valence-corrected chi connectivity index (χ0v) is 15.2. The summed E-state index contributed by atoms with van der Waals surface area (Å²) in [6.07, 6.45) is 1.69. The normalized spacial score (nSPS) is 11.2. The summed E-state index contributed by atoms with van der Waals surface area (Å²) in [4.78, 5) is 4.33. The van der Waals surface area contributed by atoms with Gasteiger partial charge in [0.05, 0.1) is 11.6 Å². The second kappa shape index (κ2) is 7.32. The summed E-state index contributed by atoms with van der Waals surface area (Å²) in [7, 11) is 1.60. The molecule has 0 radical (unpaired) electrons. The van der Waals surface area contributed by atoms with Crippen LogP contribution < -0.4 is 4.74 Å². The van der Waals surface area contributed by atoms with Crippen LogP contribution in [0.25, 0.3) is 23.0 Å². The highest BCUT2D eigenvalue weighted by molar-refractivity contribution is 9.10. The lowest BCUT2D eigenvalue weighted by molar-refractivity contribution is 0.409. The average Bonchev–Trinajstić information content (AvgIpc) is 3.10. The molecule has 1 heterocycles. The largest absolute Gasteiger partial charge is 0.496 e. The summed E-state index contributed by atoms with van der Waals surface area (Å²) >= 11 is 3.43. The van der Waals surface area contributed by atoms with Crippen LogP contribution in [-0.2, 0) is 0 Å². The Morgan fingerprint density at radius 1 is 1.24 bits per heavy atom. The van der Waals surface area contributed by atoms with Crippen molar-refractivity contribution in [1.82, 2.24) is 10.1 Å². The van der Waals surface area contributed by atoms with Gasteiger partial charge in [0.15, 0.2) is 0 Å². The summed E-state index contributed by atoms with van der Waals surface area (Å²) < 4.78 is 11.3. The second-order valence-electron chi connectivity index (χ2n) is 5.35. The fraction of sp³-hybridized carbons (Fsp3) is 0.105. The minimum atomic E-state index is 0.185. The van der Waals surface area contributed by atoms with E-state index in [9.17, 15) is 5.26 Å². The van der Waals surface area contributed by atoms with Gasteiger partial charge in [0, 0.05) is 5.56 Å². The van der Waals surface area contributed by atoms with Crippen molar-refractivity contribution in [2.75, 3.05) is 7.11 Å². The van der Waals surface area contributed by atoms with E-state index in [1.165, 1.54) is 0 Å². The number of rotatable bonds is 4. The van der Waals surface area contributed by atoms with E-state index in [4.69, 9.17) is 9.26 Å². The topological polar surface area (TPSA) is 71.9 Å². The summed E-state index contributed by atoms with van der Waals surface area (Å²) in [6.45, 7) is 2.01. The molecule has 0 amide bonds. The molecule has 0 unspecified atom stereocenters. The Kier molecular flexibility index (Phi) is 4.96. The Labute approximate surface area is 153 Å². The second-order valence-corrected chi connectivity index (χ2v) is 6.21. The van der Waals surface area contributed by atoms with Crippen LogP contribution in [0.15, 0.2) is 51.5 Å². The lowest BCUT2D eigenvalue weighted by Crippen LogP contribution is -1.86. The molecule has 2 aromatic carbocycles. The third-order valence-electron chi connectivity index (χ3n) is 3.57. The first-order valence-electron chi connectivity index (χ1n) is 7.47. The average molecular weight is 396 g/mol. The van der Waals surface area contributed by atoms with E-state index in [1.54, 1.807) is 13.2 Å². The highest BCUT2D eigenvalue weighted by Crippen LogP contribution is 2.28. The quantitative estimate of drug-likeness (QED) is 0.588. The minimum Gasteiger partial charge on any atom is -0.496 e. The van der Waals surface area contributed by atoms with Crippen molar-refractivity contribution < 1.29 is 9.26 Å². The standard InChI is InChI=1S/C19H14BrN3O2/c1-12-3-6-14(7-4-12)18-22-19(25-23-18)15(11-21)9-13-5-8-17(24-2)16(20)10-13/h3-10H,1-2H3/b15-9+. The molecule has 5 nitrogen and oxygen atoms in total. The monoisotopic (exact) mass is 395 g/mol. The minimum absolute atomic E-state index is 0.185. The third kappa shape index (κ3) is 3.78. The molecule has 0 N–H and O–H groups in total. The molecule has 6 heteroatoms. The zero-order valence-electron chi connectivity index (χ0n) is 13.7. The van der Waals surface area contributed by atoms with Gasteiger partial charge in [0.2, 0.25) is 5.82 Å². The van der Waals surface area contributed by atoms with Gasteiger partial charge >= 0.3 is 0 Å². The molecule has 0 saturated carbocycles. The maximum absolute atomic E-state index is 9.44. The van der Waals surface area contributed by atoms with E-state index in [0.717, 1.165) is 26.9 Å². The van der Waals surface area contributed by atoms with Gasteiger partial charge in [0.1, 0.15) is 17.4 Å². The van der Waals surface area contributed by atoms with E-state index < -0.39 is 0 Å². The van der Waals surface area contributed by atoms with Crippen LogP contribution in [0, 0.1) is 18.3 Å². The number of aromatic nitrogens is 2. The molecule has 0 fully saturated rings. The molecule has 3 rings (SSSR count). The van der Waals surface area contributed by atoms with Crippen molar-refractivity contribution in [3.05, 3.63) is 64.0 Å². The Bertz CT molecular complexity index is 969. The molecule has 25 heavy (non-hydrogen) atoms. The van der Waals surface area contributed by atoms with Crippen molar-refractivity contribution in [3.8, 4) is 23.2 Å². The van der Waals surface area contributed by atoms with E-state index in [-0.39, 0.29) is 5.89 Å². The number of hydrogen-bond acceptors (Lipinski definition) is 5. The van der Waals surface area contributed by atoms with E-state index >= 15 is 0 Å². The molecular weight excluding hydrogens is 382 g/mol. The van der Waals surface area contributed by atoms with Crippen molar-refractivity contribution in [3.63, 3.8) is 0 Å². The number of allylic oxidation sites excluding steroid dienone is 1. The first-order chi connectivity index (χ1) is 12.1. The number of nitrogens with zero attached hydrogens (tertiary/aromatic N) is 3. The van der Waals surface area contributed by atoms with Crippen molar-refractivity contribution in [2.45, 2.75) is 6.92 Å². The summed E-state index contributed by atoms with van der Waals surface area (Å²) in [5.41, 5.74) is 3.10. The summed E-state index contributed by atoms with van der Waals surface area (Å²) in [5, 5.41) is 13.4. The van der Waals surface area contributed by atoms with Crippen LogP contribution in [0.5, 0.6) is 5.75 Å². The van der Waals surface area contributed by atoms with Gasteiger partial charge in [-0.3, -0.25) is 0 Å². The predicted octanol–water partition coefficient (Wildman–Crippen LogP) is 4.88. The van der Waals surface area contributed by atoms with Gasteiger partial charge in [-0.2, -0.15) is 10.2 Å². The number of aryl methyl sites for hydroxylation is 1. The first kappa shape index (κ1) is 16.9. The number of benzene rings is 2. The van der Waals surface area contributed by atoms with Gasteiger partial charge in [-0.25, -0.2) is 0 Å². The predicted molar refractivity (Wildman–Crippen MR) is 98.6 cm³/mol. The fourth-order valence-electron chi connectivity index (χ4n) is 2.23. The summed E-state index contributed by atoms with van der Waals surface area (Å²) in [6, 6.07) is 15.4. The lowest BCUT2D eigenvalue weighted by atomic mass is 10.1. The SMILES string of the molecule is COc1ccc(/C=C(\C#N)c2nc(-c3ccc(C)cc3)no2)cc1Br. The van der Waals surface area contributed by atoms with Crippen molar-refractivity contribution in [2.24, 2.45) is 0 Å². The number of nitriles is 1. The van der Waals surface area contributed by atoms with Gasteiger partial charge in [-0.05, 0) is 46.6 Å². The summed E-state index contributed by atoms with van der Waals surface area (Å²) in [5.74, 6) is 1.35. The van der Waals surface area contributed by atoms with Gasteiger partial charge < -0.3 is 9.26 Å². The number of methoxy groups -OCH3 is 1. The zero-order chi connectivity index (χ0) is 17.8. The highest BCUT2D eigenvalue weighted by Gasteiger charge is 2.13. The Balaban J connectivity index is 1.92. The molecule has 0 bridgehead atoms. The van der Waals surface area contributed by atoms with E-state index in [2.05, 4.69) is 32.1 Å². The number of hydrogen-bond donors (Lipinski definition) is 0. The van der Waals surface area contributed by atoms with Crippen LogP contribution in [-0.4, -0.2) is 17.3 Å². The third-order valence-corrected chi connectivity index (χ3v) is 4.19. The van der Waals surface area contributed by atoms with Gasteiger partial charge in [-0.15, -0.1) is 0 Å². The van der Waals surface area contributed by atoms with E-state index in [0.29, 0.717) is 11.4 Å². The molecular formula is C19H14BrN3O2. The van der Waals surface area contributed by atoms with Crippen LogP contribution in [0.2, 0.25) is 0 Å². The fourth-order valence-corrected chi connectivity index (χ4v) is 2.79. The van der Waals surface area contributed by atoms with Crippen LogP contribution in [0.4, 0.5) is 0 Å². The highest BCUT2D eigenvalue weighted by atomic mass is 79.9. The maximum Gasteiger partial charge on any atom is 0.268 e. The van der Waals surface area contributed by atoms with Gasteiger partial charge in [0.25, 0.3) is 5.89 Å². The van der Waals surface area contributed by atoms with Crippen molar-refractivity contribution in [1.29, 1.82) is 5.26 Å². The van der Waals surface area contributed by atoms with Crippen LogP contribution >= 0.6 is 15.9 Å². The smallest absolute Gasteiger partial charge is 0.268 e. The Morgan fingerprint density at radius 2 is 2.00 bits per heavy atom. The molecule has 1 aromatic heterocycles. The van der Waals surface area contributed by atoms with E-state index in [1.807, 2.05) is 49.4 Å².